The molecular formula is C25H20FNO3. The van der Waals surface area contributed by atoms with Gasteiger partial charge in [-0.3, -0.25) is 9.59 Å². The summed E-state index contributed by atoms with van der Waals surface area (Å²) in [6, 6.07) is 18.6. The highest BCUT2D eigenvalue weighted by Crippen LogP contribution is 2.22. The molecule has 4 nitrogen and oxygen atoms in total. The van der Waals surface area contributed by atoms with Crippen LogP contribution >= 0.6 is 0 Å². The molecule has 0 fully saturated rings. The minimum Gasteiger partial charge on any atom is -0.496 e. The lowest BCUT2D eigenvalue weighted by Crippen LogP contribution is -2.20. The van der Waals surface area contributed by atoms with Crippen molar-refractivity contribution in [1.82, 2.24) is 4.57 Å². The van der Waals surface area contributed by atoms with Crippen LogP contribution in [-0.4, -0.2) is 17.5 Å². The normalized spacial score (nSPS) is 10.9. The van der Waals surface area contributed by atoms with Crippen molar-refractivity contribution in [3.63, 3.8) is 0 Å². The number of benzene rings is 3. The second kappa shape index (κ2) is 7.95. The number of carbonyl (C=O) groups excluding carboxylic acids is 1. The first kappa shape index (κ1) is 19.6. The highest BCUT2D eigenvalue weighted by Gasteiger charge is 2.18. The number of ether oxygens (including phenoxy) is 1. The van der Waals surface area contributed by atoms with E-state index in [1.54, 1.807) is 36.1 Å². The minimum atomic E-state index is -0.525. The Morgan fingerprint density at radius 3 is 2.50 bits per heavy atom. The van der Waals surface area contributed by atoms with Crippen LogP contribution in [0.1, 0.15) is 27.0 Å². The van der Waals surface area contributed by atoms with Gasteiger partial charge in [0.05, 0.1) is 24.7 Å². The van der Waals surface area contributed by atoms with Gasteiger partial charge in [-0.1, -0.05) is 48.0 Å². The quantitative estimate of drug-likeness (QED) is 0.454. The zero-order valence-corrected chi connectivity index (χ0v) is 16.7. The monoisotopic (exact) mass is 401 g/mol. The fourth-order valence-corrected chi connectivity index (χ4v) is 3.54. The summed E-state index contributed by atoms with van der Waals surface area (Å²) >= 11 is 0. The van der Waals surface area contributed by atoms with Crippen LogP contribution in [0.25, 0.3) is 10.9 Å². The molecule has 0 bridgehead atoms. The van der Waals surface area contributed by atoms with E-state index < -0.39 is 11.2 Å². The van der Waals surface area contributed by atoms with Crippen LogP contribution in [-0.2, 0) is 6.54 Å². The van der Waals surface area contributed by atoms with Crippen LogP contribution < -0.4 is 10.2 Å². The Hall–Kier alpha value is -3.73. The standard InChI is InChI=1S/C25H20FNO3/c1-16-7-9-17(10-8-16)24(28)21-15-27(14-18-5-3-4-6-23(18)30-2)22-12-11-19(26)13-20(22)25(21)29/h3-13,15H,14H2,1-2H3. The third kappa shape index (κ3) is 3.62. The number of carbonyl (C=O) groups is 1. The molecule has 3 aromatic carbocycles. The number of aromatic nitrogens is 1. The molecule has 150 valence electrons. The molecular weight excluding hydrogens is 381 g/mol. The third-order valence-electron chi connectivity index (χ3n) is 5.13. The Balaban J connectivity index is 1.91. The molecule has 4 aromatic rings. The number of ketones is 1. The highest BCUT2D eigenvalue weighted by molar-refractivity contribution is 6.10. The smallest absolute Gasteiger partial charge is 0.200 e. The molecule has 5 heteroatoms. The maximum atomic E-state index is 13.9. The van der Waals surface area contributed by atoms with Crippen LogP contribution in [0, 0.1) is 12.7 Å². The van der Waals surface area contributed by atoms with E-state index in [0.29, 0.717) is 23.4 Å². The Labute approximate surface area is 173 Å². The van der Waals surface area contributed by atoms with E-state index in [1.165, 1.54) is 12.1 Å². The van der Waals surface area contributed by atoms with E-state index in [0.717, 1.165) is 11.1 Å². The van der Waals surface area contributed by atoms with Crippen LogP contribution in [0.3, 0.4) is 0 Å². The van der Waals surface area contributed by atoms with E-state index in [9.17, 15) is 14.0 Å². The summed E-state index contributed by atoms with van der Waals surface area (Å²) in [4.78, 5) is 26.2. The summed E-state index contributed by atoms with van der Waals surface area (Å²) in [5, 5.41) is 0.169. The lowest BCUT2D eigenvalue weighted by Gasteiger charge is -2.15. The molecule has 0 aliphatic carbocycles. The number of aryl methyl sites for hydroxylation is 1. The summed E-state index contributed by atoms with van der Waals surface area (Å²) in [5.74, 6) is -0.221. The molecule has 0 N–H and O–H groups in total. The SMILES string of the molecule is COc1ccccc1Cn1cc(C(=O)c2ccc(C)cc2)c(=O)c2cc(F)ccc21. The fraction of sp³-hybridized carbons (Fsp3) is 0.120. The number of fused-ring (bicyclic) bond motifs is 1. The molecule has 0 aliphatic heterocycles. The molecule has 4 rings (SSSR count). The van der Waals surface area contributed by atoms with Crippen molar-refractivity contribution in [2.45, 2.75) is 13.5 Å². The van der Waals surface area contributed by atoms with E-state index in [1.807, 2.05) is 43.3 Å². The van der Waals surface area contributed by atoms with Gasteiger partial charge in [-0.05, 0) is 31.2 Å². The van der Waals surface area contributed by atoms with Gasteiger partial charge in [0, 0.05) is 22.7 Å². The van der Waals surface area contributed by atoms with Gasteiger partial charge in [0.25, 0.3) is 0 Å². The van der Waals surface area contributed by atoms with Crippen molar-refractivity contribution in [3.8, 4) is 5.75 Å². The van der Waals surface area contributed by atoms with Gasteiger partial charge in [0.15, 0.2) is 5.78 Å². The largest absolute Gasteiger partial charge is 0.496 e. The Morgan fingerprint density at radius 1 is 1.03 bits per heavy atom. The first-order valence-electron chi connectivity index (χ1n) is 9.54. The fourth-order valence-electron chi connectivity index (χ4n) is 3.54. The summed E-state index contributed by atoms with van der Waals surface area (Å²) in [6.45, 7) is 2.29. The van der Waals surface area contributed by atoms with Gasteiger partial charge in [-0.15, -0.1) is 0 Å². The van der Waals surface area contributed by atoms with E-state index in [-0.39, 0.29) is 16.7 Å². The Morgan fingerprint density at radius 2 is 1.77 bits per heavy atom. The van der Waals surface area contributed by atoms with Crippen LogP contribution in [0.15, 0.2) is 77.7 Å². The Bertz CT molecular complexity index is 1310. The van der Waals surface area contributed by atoms with E-state index in [2.05, 4.69) is 0 Å². The summed E-state index contributed by atoms with van der Waals surface area (Å²) in [7, 11) is 1.59. The third-order valence-corrected chi connectivity index (χ3v) is 5.13. The van der Waals surface area contributed by atoms with Gasteiger partial charge >= 0.3 is 0 Å². The molecule has 0 aliphatic rings. The first-order chi connectivity index (χ1) is 14.5. The van der Waals surface area contributed by atoms with Crippen molar-refractivity contribution in [1.29, 1.82) is 0 Å². The van der Waals surface area contributed by atoms with Crippen LogP contribution in [0.4, 0.5) is 4.39 Å². The molecule has 0 spiro atoms. The number of halogens is 1. The molecule has 0 saturated carbocycles. The number of pyridine rings is 1. The number of rotatable bonds is 5. The zero-order chi connectivity index (χ0) is 21.3. The molecule has 30 heavy (non-hydrogen) atoms. The number of para-hydroxylation sites is 1. The summed E-state index contributed by atoms with van der Waals surface area (Å²) < 4.78 is 21.2. The maximum absolute atomic E-state index is 13.9. The Kier molecular flexibility index (Phi) is 5.19. The van der Waals surface area contributed by atoms with Crippen molar-refractivity contribution >= 4 is 16.7 Å². The van der Waals surface area contributed by atoms with Crippen LogP contribution in [0.2, 0.25) is 0 Å². The number of nitrogens with zero attached hydrogens (tertiary/aromatic N) is 1. The first-order valence-corrected chi connectivity index (χ1v) is 9.54. The molecule has 0 atom stereocenters. The van der Waals surface area contributed by atoms with Gasteiger partial charge in [-0.2, -0.15) is 0 Å². The van der Waals surface area contributed by atoms with Gasteiger partial charge in [-0.25, -0.2) is 4.39 Å². The lowest BCUT2D eigenvalue weighted by atomic mass is 10.0. The van der Waals surface area contributed by atoms with E-state index >= 15 is 0 Å². The second-order valence-electron chi connectivity index (χ2n) is 7.17. The predicted octanol–water partition coefficient (Wildman–Crippen LogP) is 4.74. The van der Waals surface area contributed by atoms with Crippen molar-refractivity contribution in [3.05, 3.63) is 111 Å². The van der Waals surface area contributed by atoms with Crippen molar-refractivity contribution in [2.75, 3.05) is 7.11 Å². The van der Waals surface area contributed by atoms with Gasteiger partial charge in [0.1, 0.15) is 11.6 Å². The van der Waals surface area contributed by atoms with E-state index in [4.69, 9.17) is 4.74 Å². The minimum absolute atomic E-state index is 0.00634. The van der Waals surface area contributed by atoms with Crippen molar-refractivity contribution < 1.29 is 13.9 Å². The number of hydrogen-bond acceptors (Lipinski definition) is 3. The molecule has 0 unspecified atom stereocenters. The maximum Gasteiger partial charge on any atom is 0.200 e. The predicted molar refractivity (Wildman–Crippen MR) is 115 cm³/mol. The molecule has 1 heterocycles. The topological polar surface area (TPSA) is 48.3 Å². The number of methoxy groups -OCH3 is 1. The molecule has 0 amide bonds. The number of hydrogen-bond donors (Lipinski definition) is 0. The summed E-state index contributed by atoms with van der Waals surface area (Å²) in [6.07, 6.45) is 1.55. The van der Waals surface area contributed by atoms with Gasteiger partial charge < -0.3 is 9.30 Å². The molecule has 0 radical (unpaired) electrons. The highest BCUT2D eigenvalue weighted by atomic mass is 19.1. The summed E-state index contributed by atoms with van der Waals surface area (Å²) in [5.41, 5.74) is 2.38. The second-order valence-corrected chi connectivity index (χ2v) is 7.17. The molecule has 0 saturated heterocycles. The van der Waals surface area contributed by atoms with Crippen molar-refractivity contribution in [2.24, 2.45) is 0 Å². The zero-order valence-electron chi connectivity index (χ0n) is 16.7. The average molecular weight is 401 g/mol. The lowest BCUT2D eigenvalue weighted by molar-refractivity contribution is 0.103. The van der Waals surface area contributed by atoms with Crippen LogP contribution in [0.5, 0.6) is 5.75 Å². The van der Waals surface area contributed by atoms with Gasteiger partial charge in [0.2, 0.25) is 5.43 Å². The molecule has 1 aromatic heterocycles. The average Bonchev–Trinajstić information content (AvgIpc) is 2.76.